The van der Waals surface area contributed by atoms with Crippen molar-refractivity contribution >= 4 is 5.78 Å². The van der Waals surface area contributed by atoms with E-state index in [2.05, 4.69) is 5.10 Å². The molecule has 0 aromatic carbocycles. The highest BCUT2D eigenvalue weighted by molar-refractivity contribution is 5.81. The van der Waals surface area contributed by atoms with Crippen molar-refractivity contribution in [3.63, 3.8) is 0 Å². The monoisotopic (exact) mass is 208 g/mol. The summed E-state index contributed by atoms with van der Waals surface area (Å²) in [6.07, 6.45) is 2.25. The van der Waals surface area contributed by atoms with Gasteiger partial charge in [-0.3, -0.25) is 9.59 Å². The van der Waals surface area contributed by atoms with Gasteiger partial charge in [0.15, 0.2) is 5.78 Å². The lowest BCUT2D eigenvalue weighted by Gasteiger charge is -2.06. The maximum atomic E-state index is 11.7. The predicted molar refractivity (Wildman–Crippen MR) is 52.4 cm³/mol. The molecule has 5 nitrogen and oxygen atoms in total. The van der Waals surface area contributed by atoms with Crippen molar-refractivity contribution in [2.45, 2.75) is 13.0 Å². The fraction of sp³-hybridized carbons (Fsp3) is 0.500. The summed E-state index contributed by atoms with van der Waals surface area (Å²) < 4.78 is 6.30. The molecule has 15 heavy (non-hydrogen) atoms. The van der Waals surface area contributed by atoms with Gasteiger partial charge in [-0.25, -0.2) is 4.68 Å². The molecule has 2 heterocycles. The zero-order chi connectivity index (χ0) is 10.7. The topological polar surface area (TPSA) is 61.2 Å². The van der Waals surface area contributed by atoms with E-state index >= 15 is 0 Å². The molecule has 1 aromatic heterocycles. The largest absolute Gasteiger partial charge is 0.381 e. The van der Waals surface area contributed by atoms with Crippen molar-refractivity contribution in [3.05, 3.63) is 28.7 Å². The highest BCUT2D eigenvalue weighted by Crippen LogP contribution is 2.13. The minimum Gasteiger partial charge on any atom is -0.381 e. The normalized spacial score (nSPS) is 20.4. The van der Waals surface area contributed by atoms with E-state index in [1.807, 2.05) is 0 Å². The first-order valence-electron chi connectivity index (χ1n) is 4.90. The molecular formula is C10H12N2O3. The molecule has 1 unspecified atom stereocenters. The van der Waals surface area contributed by atoms with Crippen LogP contribution in [0.3, 0.4) is 0 Å². The zero-order valence-electron chi connectivity index (χ0n) is 8.26. The lowest BCUT2D eigenvalue weighted by Crippen LogP contribution is -2.29. The van der Waals surface area contributed by atoms with Crippen LogP contribution in [0.2, 0.25) is 0 Å². The number of carbonyl (C=O) groups excluding carboxylic acids is 1. The number of hydrogen-bond acceptors (Lipinski definition) is 4. The Morgan fingerprint density at radius 1 is 1.67 bits per heavy atom. The Balaban J connectivity index is 2.05. The molecule has 0 N–H and O–H groups in total. The van der Waals surface area contributed by atoms with Gasteiger partial charge < -0.3 is 4.74 Å². The number of nitrogens with zero attached hydrogens (tertiary/aromatic N) is 2. The molecule has 5 heteroatoms. The van der Waals surface area contributed by atoms with Crippen LogP contribution in [-0.2, 0) is 16.1 Å². The first-order chi connectivity index (χ1) is 7.27. The van der Waals surface area contributed by atoms with Crippen molar-refractivity contribution in [1.82, 2.24) is 9.78 Å². The molecule has 1 aromatic rings. The Labute approximate surface area is 86.7 Å². The zero-order valence-corrected chi connectivity index (χ0v) is 8.26. The van der Waals surface area contributed by atoms with Gasteiger partial charge in [-0.1, -0.05) is 0 Å². The molecule has 0 amide bonds. The van der Waals surface area contributed by atoms with Crippen LogP contribution in [0.5, 0.6) is 0 Å². The summed E-state index contributed by atoms with van der Waals surface area (Å²) in [7, 11) is 0. The minimum atomic E-state index is -0.246. The first kappa shape index (κ1) is 10.0. The smallest absolute Gasteiger partial charge is 0.267 e. The second-order valence-corrected chi connectivity index (χ2v) is 3.55. The first-order valence-corrected chi connectivity index (χ1v) is 4.90. The summed E-state index contributed by atoms with van der Waals surface area (Å²) in [4.78, 5) is 23.0. The Bertz CT molecular complexity index is 407. The van der Waals surface area contributed by atoms with E-state index < -0.39 is 0 Å². The van der Waals surface area contributed by atoms with Gasteiger partial charge in [-0.15, -0.1) is 0 Å². The lowest BCUT2D eigenvalue weighted by atomic mass is 10.0. The van der Waals surface area contributed by atoms with Crippen LogP contribution in [0.15, 0.2) is 23.1 Å². The number of carbonyl (C=O) groups is 1. The lowest BCUT2D eigenvalue weighted by molar-refractivity contribution is -0.123. The van der Waals surface area contributed by atoms with E-state index in [1.165, 1.54) is 16.9 Å². The van der Waals surface area contributed by atoms with E-state index in [4.69, 9.17) is 4.74 Å². The second-order valence-electron chi connectivity index (χ2n) is 3.55. The molecule has 1 fully saturated rings. The fourth-order valence-corrected chi connectivity index (χ4v) is 1.57. The quantitative estimate of drug-likeness (QED) is 0.693. The Kier molecular flexibility index (Phi) is 2.91. The highest BCUT2D eigenvalue weighted by Gasteiger charge is 2.23. The number of Topliss-reactive ketones (excluding diaryl/α,β-unsaturated/α-hetero) is 1. The molecule has 1 atom stereocenters. The van der Waals surface area contributed by atoms with Crippen molar-refractivity contribution < 1.29 is 9.53 Å². The van der Waals surface area contributed by atoms with Crippen LogP contribution in [-0.4, -0.2) is 28.8 Å². The van der Waals surface area contributed by atoms with Crippen LogP contribution in [0.1, 0.15) is 6.42 Å². The average molecular weight is 208 g/mol. The maximum Gasteiger partial charge on any atom is 0.267 e. The molecule has 0 spiro atoms. The van der Waals surface area contributed by atoms with Crippen LogP contribution in [0.25, 0.3) is 0 Å². The molecule has 2 rings (SSSR count). The molecule has 0 radical (unpaired) electrons. The SMILES string of the molecule is O=C(Cn1ncccc1=O)C1CCOC1. The molecule has 1 aliphatic rings. The summed E-state index contributed by atoms with van der Waals surface area (Å²) in [5.41, 5.74) is -0.246. The summed E-state index contributed by atoms with van der Waals surface area (Å²) in [5, 5.41) is 3.83. The maximum absolute atomic E-state index is 11.7. The number of ketones is 1. The minimum absolute atomic E-state index is 0.0216. The summed E-state index contributed by atoms with van der Waals surface area (Å²) >= 11 is 0. The molecule has 80 valence electrons. The van der Waals surface area contributed by atoms with Crippen molar-refractivity contribution in [1.29, 1.82) is 0 Å². The van der Waals surface area contributed by atoms with Gasteiger partial charge in [0.05, 0.1) is 6.61 Å². The Hall–Kier alpha value is -1.49. The predicted octanol–water partition coefficient (Wildman–Crippen LogP) is -0.151. The fourth-order valence-electron chi connectivity index (χ4n) is 1.57. The van der Waals surface area contributed by atoms with Crippen LogP contribution in [0, 0.1) is 5.92 Å². The molecule has 1 aliphatic heterocycles. The Morgan fingerprint density at radius 3 is 3.20 bits per heavy atom. The van der Waals surface area contributed by atoms with Crippen LogP contribution >= 0.6 is 0 Å². The van der Waals surface area contributed by atoms with Gasteiger partial charge in [0, 0.05) is 24.8 Å². The van der Waals surface area contributed by atoms with E-state index in [1.54, 1.807) is 6.07 Å². The molecule has 0 aliphatic carbocycles. The molecule has 1 saturated heterocycles. The van der Waals surface area contributed by atoms with Gasteiger partial charge in [0.25, 0.3) is 5.56 Å². The van der Waals surface area contributed by atoms with Crippen LogP contribution in [0.4, 0.5) is 0 Å². The van der Waals surface area contributed by atoms with Crippen molar-refractivity contribution in [2.75, 3.05) is 13.2 Å². The van der Waals surface area contributed by atoms with E-state index in [0.29, 0.717) is 13.2 Å². The molecular weight excluding hydrogens is 196 g/mol. The number of hydrogen-bond donors (Lipinski definition) is 0. The van der Waals surface area contributed by atoms with Gasteiger partial charge in [-0.2, -0.15) is 5.10 Å². The van der Waals surface area contributed by atoms with Gasteiger partial charge in [0.1, 0.15) is 6.54 Å². The Morgan fingerprint density at radius 2 is 2.53 bits per heavy atom. The third-order valence-corrected chi connectivity index (χ3v) is 2.48. The number of aromatic nitrogens is 2. The van der Waals surface area contributed by atoms with Gasteiger partial charge in [0.2, 0.25) is 0 Å². The van der Waals surface area contributed by atoms with Gasteiger partial charge in [-0.05, 0) is 12.5 Å². The van der Waals surface area contributed by atoms with Gasteiger partial charge >= 0.3 is 0 Å². The molecule has 0 saturated carbocycles. The third-order valence-electron chi connectivity index (χ3n) is 2.48. The number of rotatable bonds is 3. The highest BCUT2D eigenvalue weighted by atomic mass is 16.5. The number of ether oxygens (including phenoxy) is 1. The second kappa shape index (κ2) is 4.35. The average Bonchev–Trinajstić information content (AvgIpc) is 2.74. The standard InChI is InChI=1S/C10H12N2O3/c13-9(8-3-5-15-7-8)6-12-10(14)2-1-4-11-12/h1-2,4,8H,3,5-7H2. The summed E-state index contributed by atoms with van der Waals surface area (Å²) in [6, 6.07) is 2.95. The summed E-state index contributed by atoms with van der Waals surface area (Å²) in [6.45, 7) is 1.15. The van der Waals surface area contributed by atoms with Crippen LogP contribution < -0.4 is 5.56 Å². The molecule has 0 bridgehead atoms. The van der Waals surface area contributed by atoms with E-state index in [9.17, 15) is 9.59 Å². The van der Waals surface area contributed by atoms with E-state index in [-0.39, 0.29) is 23.8 Å². The van der Waals surface area contributed by atoms with Crippen molar-refractivity contribution in [2.24, 2.45) is 5.92 Å². The van der Waals surface area contributed by atoms with E-state index in [0.717, 1.165) is 6.42 Å². The third kappa shape index (κ3) is 2.30. The van der Waals surface area contributed by atoms with Crippen molar-refractivity contribution in [3.8, 4) is 0 Å². The summed E-state index contributed by atoms with van der Waals surface area (Å²) in [5.74, 6) is -0.0489.